The molecule has 4 aromatic heterocycles. The molecule has 3 aliphatic heterocycles. The fourth-order valence-electron chi connectivity index (χ4n) is 4.40. The molecule has 7 heterocycles. The van der Waals surface area contributed by atoms with Crippen LogP contribution in [0.2, 0.25) is 0 Å². The fraction of sp³-hybridized carbons (Fsp3) is 0.273. The van der Waals surface area contributed by atoms with E-state index in [2.05, 4.69) is 44.3 Å². The van der Waals surface area contributed by atoms with E-state index in [9.17, 15) is 0 Å². The summed E-state index contributed by atoms with van der Waals surface area (Å²) in [6.45, 7) is 3.11. The highest BCUT2D eigenvalue weighted by atomic mass is 32.1. The minimum absolute atomic E-state index is 0.484. The zero-order chi connectivity index (χ0) is 20.2. The third-order valence-corrected chi connectivity index (χ3v) is 6.93. The first kappa shape index (κ1) is 17.7. The van der Waals surface area contributed by atoms with Crippen LogP contribution in [-0.2, 0) is 0 Å². The van der Waals surface area contributed by atoms with Crippen molar-refractivity contribution in [1.29, 1.82) is 0 Å². The minimum atomic E-state index is 0.484. The van der Waals surface area contributed by atoms with Gasteiger partial charge in [0.25, 0.3) is 0 Å². The van der Waals surface area contributed by atoms with Crippen LogP contribution in [-0.4, -0.2) is 50.6 Å². The molecule has 2 atom stereocenters. The maximum absolute atomic E-state index is 4.83. The molecule has 0 aromatic carbocycles. The number of aromatic nitrogens is 4. The van der Waals surface area contributed by atoms with Crippen LogP contribution < -0.4 is 10.2 Å². The van der Waals surface area contributed by atoms with Gasteiger partial charge < -0.3 is 10.2 Å². The van der Waals surface area contributed by atoms with Gasteiger partial charge in [0, 0.05) is 48.7 Å². The summed E-state index contributed by atoms with van der Waals surface area (Å²) in [6.07, 6.45) is 5.42. The van der Waals surface area contributed by atoms with Crippen molar-refractivity contribution in [2.24, 2.45) is 0 Å². The van der Waals surface area contributed by atoms with E-state index in [0.717, 1.165) is 50.5 Å². The van der Waals surface area contributed by atoms with Gasteiger partial charge >= 0.3 is 0 Å². The molecular formula is C22H21N7S. The first-order valence-corrected chi connectivity index (χ1v) is 10.9. The second-order valence-electron chi connectivity index (χ2n) is 7.97. The van der Waals surface area contributed by atoms with Crippen LogP contribution in [0.15, 0.2) is 48.8 Å². The van der Waals surface area contributed by atoms with Crippen molar-refractivity contribution in [2.45, 2.75) is 25.6 Å². The highest BCUT2D eigenvalue weighted by Gasteiger charge is 2.48. The molecule has 7 nitrogen and oxygen atoms in total. The summed E-state index contributed by atoms with van der Waals surface area (Å²) in [5, 5.41) is 4.33. The highest BCUT2D eigenvalue weighted by molar-refractivity contribution is 7.21. The van der Waals surface area contributed by atoms with E-state index >= 15 is 0 Å². The van der Waals surface area contributed by atoms with Gasteiger partial charge in [0.2, 0.25) is 0 Å². The number of nitrogens with zero attached hydrogens (tertiary/aromatic N) is 6. The molecule has 7 rings (SSSR count). The summed E-state index contributed by atoms with van der Waals surface area (Å²) in [5.41, 5.74) is 3.00. The molecule has 0 radical (unpaired) electrons. The lowest BCUT2D eigenvalue weighted by Crippen LogP contribution is -2.52. The van der Waals surface area contributed by atoms with E-state index in [-0.39, 0.29) is 0 Å². The van der Waals surface area contributed by atoms with Crippen molar-refractivity contribution in [2.75, 3.05) is 23.8 Å². The SMILES string of the molecule is Cc1cc(-c2nc3cc(Nc4cccc(N5[C@H]6C[C@@H]5N(C)C6)n4)ncc3s2)ccn1. The number of thiazole rings is 1. The monoisotopic (exact) mass is 415 g/mol. The van der Waals surface area contributed by atoms with Crippen molar-refractivity contribution in [3.8, 4) is 10.6 Å². The van der Waals surface area contributed by atoms with E-state index in [4.69, 9.17) is 9.97 Å². The van der Waals surface area contributed by atoms with Crippen molar-refractivity contribution >= 4 is 39.0 Å². The zero-order valence-corrected chi connectivity index (χ0v) is 17.6. The molecule has 0 saturated carbocycles. The number of pyridine rings is 3. The third kappa shape index (κ3) is 2.91. The number of likely N-dealkylation sites (N-methyl/N-ethyl adjacent to an activating group) is 1. The van der Waals surface area contributed by atoms with E-state index in [0.29, 0.717) is 12.2 Å². The summed E-state index contributed by atoms with van der Waals surface area (Å²) in [6, 6.07) is 12.7. The van der Waals surface area contributed by atoms with Gasteiger partial charge in [0.15, 0.2) is 0 Å². The summed E-state index contributed by atoms with van der Waals surface area (Å²) in [5.74, 6) is 2.57. The van der Waals surface area contributed by atoms with Crippen molar-refractivity contribution in [3.63, 3.8) is 0 Å². The number of hydrogen-bond donors (Lipinski definition) is 1. The Labute approximate surface area is 178 Å². The summed E-state index contributed by atoms with van der Waals surface area (Å²) in [4.78, 5) is 23.3. The van der Waals surface area contributed by atoms with E-state index in [1.165, 1.54) is 6.42 Å². The van der Waals surface area contributed by atoms with Crippen LogP contribution in [0, 0.1) is 6.92 Å². The van der Waals surface area contributed by atoms with Crippen LogP contribution in [0.4, 0.5) is 17.5 Å². The molecule has 0 spiro atoms. The van der Waals surface area contributed by atoms with Gasteiger partial charge in [-0.2, -0.15) is 0 Å². The van der Waals surface area contributed by atoms with Crippen LogP contribution >= 0.6 is 11.3 Å². The van der Waals surface area contributed by atoms with Crippen molar-refractivity contribution in [3.05, 3.63) is 54.5 Å². The number of anilines is 3. The fourth-order valence-corrected chi connectivity index (χ4v) is 5.31. The molecule has 0 amide bonds. The normalized spacial score (nSPS) is 20.5. The van der Waals surface area contributed by atoms with Crippen LogP contribution in [0.3, 0.4) is 0 Å². The molecule has 0 unspecified atom stereocenters. The standard InChI is InChI=1S/C22H21N7S/c1-13-8-14(6-7-23-13)22-25-16-10-19(24-11-17(16)30-22)26-18-4-3-5-20(27-18)29-15-9-21(29)28(2)12-15/h3-8,10-11,15,21H,9,12H2,1-2H3,(H,24,26,27)/t15-,21+/m0/s1. The Morgan fingerprint density at radius 1 is 1.10 bits per heavy atom. The van der Waals surface area contributed by atoms with Crippen molar-refractivity contribution in [1.82, 2.24) is 24.8 Å². The maximum atomic E-state index is 4.83. The lowest BCUT2D eigenvalue weighted by atomic mass is 10.1. The predicted octanol–water partition coefficient (Wildman–Crippen LogP) is 4.05. The minimum Gasteiger partial charge on any atom is -0.336 e. The Morgan fingerprint density at radius 3 is 2.83 bits per heavy atom. The number of rotatable bonds is 4. The lowest BCUT2D eigenvalue weighted by molar-refractivity contribution is 0.303. The highest BCUT2D eigenvalue weighted by Crippen LogP contribution is 2.39. The predicted molar refractivity (Wildman–Crippen MR) is 120 cm³/mol. The summed E-state index contributed by atoms with van der Waals surface area (Å²) in [7, 11) is 2.18. The van der Waals surface area contributed by atoms with Gasteiger partial charge in [0.1, 0.15) is 22.5 Å². The molecule has 30 heavy (non-hydrogen) atoms. The second-order valence-corrected chi connectivity index (χ2v) is 9.00. The Bertz CT molecular complexity index is 1250. The van der Waals surface area contributed by atoms with Crippen LogP contribution in [0.5, 0.6) is 0 Å². The Balaban J connectivity index is 1.26. The van der Waals surface area contributed by atoms with E-state index in [1.807, 2.05) is 43.6 Å². The zero-order valence-electron chi connectivity index (χ0n) is 16.8. The van der Waals surface area contributed by atoms with Gasteiger partial charge in [0.05, 0.1) is 16.4 Å². The molecular weight excluding hydrogens is 394 g/mol. The number of aryl methyl sites for hydroxylation is 1. The first-order valence-electron chi connectivity index (χ1n) is 10.1. The van der Waals surface area contributed by atoms with E-state index < -0.39 is 0 Å². The van der Waals surface area contributed by atoms with Gasteiger partial charge in [-0.1, -0.05) is 6.07 Å². The molecule has 3 fully saturated rings. The molecule has 3 aliphatic rings. The molecule has 8 heteroatoms. The third-order valence-electron chi connectivity index (χ3n) is 5.88. The first-order chi connectivity index (χ1) is 14.6. The Kier molecular flexibility index (Phi) is 3.97. The summed E-state index contributed by atoms with van der Waals surface area (Å²) < 4.78 is 1.06. The van der Waals surface area contributed by atoms with Gasteiger partial charge in [-0.05, 0) is 38.2 Å². The molecule has 4 aromatic rings. The number of fused-ring (bicyclic) bond motifs is 2. The smallest absolute Gasteiger partial charge is 0.133 e. The van der Waals surface area contributed by atoms with Crippen LogP contribution in [0.1, 0.15) is 12.1 Å². The van der Waals surface area contributed by atoms with Gasteiger partial charge in [-0.3, -0.25) is 9.88 Å². The topological polar surface area (TPSA) is 70.1 Å². The number of nitrogens with one attached hydrogen (secondary N) is 1. The summed E-state index contributed by atoms with van der Waals surface area (Å²) >= 11 is 1.64. The quantitative estimate of drug-likeness (QED) is 0.539. The number of hydrogen-bond acceptors (Lipinski definition) is 8. The lowest BCUT2D eigenvalue weighted by Gasteiger charge is -2.41. The van der Waals surface area contributed by atoms with Gasteiger partial charge in [-0.25, -0.2) is 15.0 Å². The average Bonchev–Trinajstić information content (AvgIpc) is 3.40. The second kappa shape index (κ2) is 6.72. The molecule has 3 saturated heterocycles. The Hall–Kier alpha value is -3.10. The Morgan fingerprint density at radius 2 is 2.03 bits per heavy atom. The van der Waals surface area contributed by atoms with E-state index in [1.54, 1.807) is 11.3 Å². The molecule has 150 valence electrons. The molecule has 0 aliphatic carbocycles. The van der Waals surface area contributed by atoms with Crippen LogP contribution in [0.25, 0.3) is 20.8 Å². The molecule has 1 N–H and O–H groups in total. The van der Waals surface area contributed by atoms with Gasteiger partial charge in [-0.15, -0.1) is 11.3 Å². The average molecular weight is 416 g/mol. The maximum Gasteiger partial charge on any atom is 0.133 e. The molecule has 2 bridgehead atoms. The largest absolute Gasteiger partial charge is 0.336 e. The van der Waals surface area contributed by atoms with Crippen molar-refractivity contribution < 1.29 is 0 Å².